The highest BCUT2D eigenvalue weighted by Crippen LogP contribution is 2.44. The molecule has 0 radical (unpaired) electrons. The van der Waals surface area contributed by atoms with Gasteiger partial charge >= 0.3 is 18.2 Å². The van der Waals surface area contributed by atoms with E-state index in [0.717, 1.165) is 22.3 Å². The van der Waals surface area contributed by atoms with Crippen LogP contribution in [-0.2, 0) is 27.8 Å². The summed E-state index contributed by atoms with van der Waals surface area (Å²) < 4.78 is 18.8. The number of aromatic nitrogens is 1. The number of carbonyl (C=O) groups is 3. The second kappa shape index (κ2) is 11.5. The van der Waals surface area contributed by atoms with Gasteiger partial charge in [-0.15, -0.1) is 0 Å². The maximum atomic E-state index is 13.9. The fourth-order valence-electron chi connectivity index (χ4n) is 5.89. The average molecular weight is 576 g/mol. The molecule has 2 aromatic carbocycles. The molecule has 0 bridgehead atoms. The zero-order valence-electron chi connectivity index (χ0n) is 24.6. The fourth-order valence-corrected chi connectivity index (χ4v) is 5.89. The number of rotatable bonds is 7. The monoisotopic (exact) mass is 575 g/mol. The van der Waals surface area contributed by atoms with Crippen molar-refractivity contribution in [2.75, 3.05) is 26.8 Å². The average Bonchev–Trinajstić information content (AvgIpc) is 3.63. The van der Waals surface area contributed by atoms with Crippen LogP contribution in [0.4, 0.5) is 9.59 Å². The molecule has 5 rings (SSSR count). The Labute approximate surface area is 245 Å². The minimum atomic E-state index is -1.07. The van der Waals surface area contributed by atoms with Crippen LogP contribution in [0.25, 0.3) is 11.1 Å². The molecule has 1 aromatic heterocycles. The Hall–Kier alpha value is -4.31. The van der Waals surface area contributed by atoms with Gasteiger partial charge in [0.25, 0.3) is 0 Å². The lowest BCUT2D eigenvalue weighted by atomic mass is 9.98. The number of carbonyl (C=O) groups excluding carboxylic acids is 2. The molecule has 3 aromatic rings. The number of benzene rings is 2. The summed E-state index contributed by atoms with van der Waals surface area (Å²) >= 11 is 0. The van der Waals surface area contributed by atoms with Crippen LogP contribution < -0.4 is 0 Å². The predicted octanol–water partition coefficient (Wildman–Crippen LogP) is 5.11. The van der Waals surface area contributed by atoms with Crippen molar-refractivity contribution in [1.82, 2.24) is 14.4 Å². The van der Waals surface area contributed by atoms with E-state index in [1.807, 2.05) is 24.3 Å². The van der Waals surface area contributed by atoms with Gasteiger partial charge < -0.3 is 28.8 Å². The van der Waals surface area contributed by atoms with Crippen LogP contribution in [0.3, 0.4) is 0 Å². The van der Waals surface area contributed by atoms with Gasteiger partial charge in [0.15, 0.2) is 0 Å². The first-order valence-corrected chi connectivity index (χ1v) is 14.0. The number of carboxylic acid groups (broad SMARTS) is 1. The largest absolute Gasteiger partial charge is 0.477 e. The molecule has 1 fully saturated rings. The summed E-state index contributed by atoms with van der Waals surface area (Å²) in [6.45, 7) is 6.00. The molecule has 222 valence electrons. The van der Waals surface area contributed by atoms with E-state index in [1.54, 1.807) is 34.0 Å². The topological polar surface area (TPSA) is 111 Å². The smallest absolute Gasteiger partial charge is 0.410 e. The second-order valence-corrected chi connectivity index (χ2v) is 11.8. The standard InChI is InChI=1S/C32H37N3O7/c1-32(2,3)42-30(38)34-17-27(28(18-34)40-5)35(16-20-14-26(29(36)37)33(4)15-20)31(39)41-19-25-23-12-8-6-10-21(23)22-11-7-9-13-24(22)25/h6-15,25,27-28H,16-19H2,1-5H3,(H,36,37)/t27-,28-/m1/s1. The van der Waals surface area contributed by atoms with Crippen molar-refractivity contribution in [3.63, 3.8) is 0 Å². The lowest BCUT2D eigenvalue weighted by Gasteiger charge is -2.31. The van der Waals surface area contributed by atoms with Gasteiger partial charge in [0.05, 0.1) is 25.2 Å². The van der Waals surface area contributed by atoms with E-state index >= 15 is 0 Å². The van der Waals surface area contributed by atoms with Crippen LogP contribution in [0.5, 0.6) is 0 Å². The molecule has 0 spiro atoms. The van der Waals surface area contributed by atoms with Crippen LogP contribution in [0.1, 0.15) is 53.9 Å². The van der Waals surface area contributed by atoms with Crippen LogP contribution in [0.15, 0.2) is 60.8 Å². The minimum Gasteiger partial charge on any atom is -0.477 e. The van der Waals surface area contributed by atoms with Gasteiger partial charge in [0, 0.05) is 32.8 Å². The molecule has 2 amide bonds. The normalized spacial score (nSPS) is 18.0. The Morgan fingerprint density at radius 3 is 2.17 bits per heavy atom. The van der Waals surface area contributed by atoms with Gasteiger partial charge in [-0.05, 0) is 54.7 Å². The summed E-state index contributed by atoms with van der Waals surface area (Å²) in [5, 5.41) is 9.56. The zero-order chi connectivity index (χ0) is 30.2. The maximum absolute atomic E-state index is 13.9. The van der Waals surface area contributed by atoms with Crippen LogP contribution in [-0.4, -0.2) is 82.2 Å². The van der Waals surface area contributed by atoms with Crippen molar-refractivity contribution in [3.8, 4) is 11.1 Å². The summed E-state index contributed by atoms with van der Waals surface area (Å²) in [5.74, 6) is -1.19. The van der Waals surface area contributed by atoms with E-state index in [2.05, 4.69) is 24.3 Å². The van der Waals surface area contributed by atoms with Gasteiger partial charge in [0.1, 0.15) is 17.9 Å². The summed E-state index contributed by atoms with van der Waals surface area (Å²) in [5.41, 5.74) is 4.48. The summed E-state index contributed by atoms with van der Waals surface area (Å²) in [7, 11) is 3.18. The second-order valence-electron chi connectivity index (χ2n) is 11.8. The number of hydrogen-bond acceptors (Lipinski definition) is 6. The minimum absolute atomic E-state index is 0.0739. The SMILES string of the molecule is CO[C@@H]1CN(C(=O)OC(C)(C)C)C[C@H]1N(Cc1cc(C(=O)O)n(C)c1)C(=O)OCC1c2ccccc2-c2ccccc21. The van der Waals surface area contributed by atoms with Crippen LogP contribution in [0, 0.1) is 0 Å². The third-order valence-corrected chi connectivity index (χ3v) is 7.80. The quantitative estimate of drug-likeness (QED) is 0.417. The molecule has 1 aliphatic heterocycles. The highest BCUT2D eigenvalue weighted by molar-refractivity contribution is 5.86. The molecule has 0 unspecified atom stereocenters. The van der Waals surface area contributed by atoms with Gasteiger partial charge in [-0.1, -0.05) is 48.5 Å². The Balaban J connectivity index is 1.41. The Bertz CT molecular complexity index is 1450. The predicted molar refractivity (Wildman–Crippen MR) is 155 cm³/mol. The van der Waals surface area contributed by atoms with Crippen LogP contribution >= 0.6 is 0 Å². The Morgan fingerprint density at radius 1 is 1.00 bits per heavy atom. The van der Waals surface area contributed by atoms with Crippen molar-refractivity contribution in [3.05, 3.63) is 83.2 Å². The molecule has 2 atom stereocenters. The third kappa shape index (κ3) is 5.85. The highest BCUT2D eigenvalue weighted by Gasteiger charge is 2.43. The highest BCUT2D eigenvalue weighted by atomic mass is 16.6. The van der Waals surface area contributed by atoms with Gasteiger partial charge in [-0.25, -0.2) is 14.4 Å². The number of aryl methyl sites for hydroxylation is 1. The molecular formula is C32H37N3O7. The first-order valence-electron chi connectivity index (χ1n) is 14.0. The van der Waals surface area contributed by atoms with Crippen molar-refractivity contribution in [2.45, 2.75) is 51.0 Å². The zero-order valence-corrected chi connectivity index (χ0v) is 24.6. The lowest BCUT2D eigenvalue weighted by molar-refractivity contribution is 0.0237. The molecule has 42 heavy (non-hydrogen) atoms. The van der Waals surface area contributed by atoms with Gasteiger partial charge in [-0.3, -0.25) is 4.90 Å². The number of methoxy groups -OCH3 is 1. The van der Waals surface area contributed by atoms with E-state index < -0.39 is 35.9 Å². The maximum Gasteiger partial charge on any atom is 0.410 e. The van der Waals surface area contributed by atoms with Crippen LogP contribution in [0.2, 0.25) is 0 Å². The number of ether oxygens (including phenoxy) is 3. The summed E-state index contributed by atoms with van der Waals surface area (Å²) in [6.07, 6.45) is 0.110. The first kappa shape index (κ1) is 29.2. The summed E-state index contributed by atoms with van der Waals surface area (Å²) in [4.78, 5) is 41.6. The number of aromatic carboxylic acids is 1. The van der Waals surface area contributed by atoms with E-state index in [0.29, 0.717) is 5.56 Å². The number of fused-ring (bicyclic) bond motifs is 3. The molecule has 2 heterocycles. The molecule has 0 saturated carbocycles. The molecule has 10 heteroatoms. The molecule has 1 saturated heterocycles. The number of hydrogen-bond donors (Lipinski definition) is 1. The van der Waals surface area contributed by atoms with E-state index in [1.165, 1.54) is 27.5 Å². The Morgan fingerprint density at radius 2 is 1.62 bits per heavy atom. The molecule has 2 aliphatic rings. The molecule has 1 aliphatic carbocycles. The number of nitrogens with zero attached hydrogens (tertiary/aromatic N) is 3. The molecular weight excluding hydrogens is 538 g/mol. The van der Waals surface area contributed by atoms with Gasteiger partial charge in [0.2, 0.25) is 0 Å². The third-order valence-electron chi connectivity index (χ3n) is 7.80. The number of likely N-dealkylation sites (tertiary alicyclic amines) is 1. The van der Waals surface area contributed by atoms with E-state index in [9.17, 15) is 19.5 Å². The van der Waals surface area contributed by atoms with Crippen molar-refractivity contribution in [2.24, 2.45) is 7.05 Å². The lowest BCUT2D eigenvalue weighted by Crippen LogP contribution is -2.47. The van der Waals surface area contributed by atoms with Crippen molar-refractivity contribution in [1.29, 1.82) is 0 Å². The van der Waals surface area contributed by atoms with Crippen molar-refractivity contribution >= 4 is 18.2 Å². The molecule has 1 N–H and O–H groups in total. The summed E-state index contributed by atoms with van der Waals surface area (Å²) in [6, 6.07) is 17.2. The van der Waals surface area contributed by atoms with Crippen molar-refractivity contribution < 1.29 is 33.7 Å². The number of carboxylic acids is 1. The van der Waals surface area contributed by atoms with E-state index in [-0.39, 0.29) is 37.9 Å². The number of amides is 2. The fraction of sp³-hybridized carbons (Fsp3) is 0.406. The first-order chi connectivity index (χ1) is 20.0. The van der Waals surface area contributed by atoms with Gasteiger partial charge in [-0.2, -0.15) is 0 Å². The molecule has 10 nitrogen and oxygen atoms in total. The Kier molecular flexibility index (Phi) is 8.01. The van der Waals surface area contributed by atoms with E-state index in [4.69, 9.17) is 14.2 Å².